The molecule has 7 heteroatoms. The molecule has 0 bridgehead atoms. The summed E-state index contributed by atoms with van der Waals surface area (Å²) in [6.07, 6.45) is 2.08. The van der Waals surface area contributed by atoms with Crippen LogP contribution in [0.15, 0.2) is 53.9 Å². The third-order valence-corrected chi connectivity index (χ3v) is 7.54. The van der Waals surface area contributed by atoms with Gasteiger partial charge in [-0.05, 0) is 56.2 Å². The molecule has 31 heavy (non-hydrogen) atoms. The molecule has 5 rings (SSSR count). The Morgan fingerprint density at radius 3 is 2.77 bits per heavy atom. The van der Waals surface area contributed by atoms with Crippen molar-refractivity contribution in [2.75, 3.05) is 13.1 Å². The minimum absolute atomic E-state index is 0.0764. The summed E-state index contributed by atoms with van der Waals surface area (Å²) in [6.45, 7) is 3.94. The minimum atomic E-state index is 0.0764. The van der Waals surface area contributed by atoms with Crippen LogP contribution in [0.5, 0.6) is 5.75 Å². The number of piperidine rings is 1. The fourth-order valence-corrected chi connectivity index (χ4v) is 5.63. The Hall–Kier alpha value is -2.77. The molecule has 0 spiro atoms. The number of carbonyl (C=O) groups excluding carboxylic acids is 1. The molecule has 4 aromatic rings. The highest BCUT2D eigenvalue weighted by Crippen LogP contribution is 2.33. The van der Waals surface area contributed by atoms with Crippen molar-refractivity contribution in [2.45, 2.75) is 32.3 Å². The zero-order valence-electron chi connectivity index (χ0n) is 17.3. The molecule has 158 valence electrons. The number of thiazole rings is 2. The van der Waals surface area contributed by atoms with Gasteiger partial charge in [-0.2, -0.15) is 0 Å². The molecule has 3 heterocycles. The Labute approximate surface area is 189 Å². The number of aryl methyl sites for hydroxylation is 1. The number of hydrogen-bond donors (Lipinski definition) is 0. The minimum Gasteiger partial charge on any atom is -0.487 e. The second-order valence-electron chi connectivity index (χ2n) is 7.78. The highest BCUT2D eigenvalue weighted by atomic mass is 32.1. The zero-order chi connectivity index (χ0) is 21.2. The van der Waals surface area contributed by atoms with Crippen LogP contribution in [0.25, 0.3) is 10.2 Å². The lowest BCUT2D eigenvalue weighted by atomic mass is 9.98. The van der Waals surface area contributed by atoms with Gasteiger partial charge in [0.25, 0.3) is 5.91 Å². The molecule has 0 N–H and O–H groups in total. The molecule has 1 aliphatic rings. The van der Waals surface area contributed by atoms with Crippen LogP contribution in [0.1, 0.15) is 44.8 Å². The summed E-state index contributed by atoms with van der Waals surface area (Å²) in [5, 5.41) is 4.18. The van der Waals surface area contributed by atoms with Crippen LogP contribution >= 0.6 is 22.7 Å². The largest absolute Gasteiger partial charge is 0.487 e. The van der Waals surface area contributed by atoms with Crippen molar-refractivity contribution in [3.63, 3.8) is 0 Å². The Balaban J connectivity index is 1.23. The van der Waals surface area contributed by atoms with Gasteiger partial charge in [-0.3, -0.25) is 4.79 Å². The van der Waals surface area contributed by atoms with Gasteiger partial charge >= 0.3 is 0 Å². The third-order valence-electron chi connectivity index (χ3n) is 5.52. The maximum Gasteiger partial charge on any atom is 0.253 e. The normalized spacial score (nSPS) is 16.5. The van der Waals surface area contributed by atoms with E-state index in [1.165, 1.54) is 4.70 Å². The Bertz CT molecular complexity index is 1170. The van der Waals surface area contributed by atoms with E-state index in [1.807, 2.05) is 53.6 Å². The smallest absolute Gasteiger partial charge is 0.253 e. The van der Waals surface area contributed by atoms with Crippen LogP contribution in [0, 0.1) is 6.92 Å². The van der Waals surface area contributed by atoms with E-state index in [9.17, 15) is 4.79 Å². The quantitative estimate of drug-likeness (QED) is 0.394. The van der Waals surface area contributed by atoms with Crippen molar-refractivity contribution in [3.8, 4) is 5.75 Å². The van der Waals surface area contributed by atoms with Crippen molar-refractivity contribution in [1.29, 1.82) is 0 Å². The van der Waals surface area contributed by atoms with Gasteiger partial charge in [-0.15, -0.1) is 22.7 Å². The molecule has 0 saturated carbocycles. The molecule has 0 radical (unpaired) electrons. The molecule has 5 nitrogen and oxygen atoms in total. The summed E-state index contributed by atoms with van der Waals surface area (Å²) in [5.41, 5.74) is 2.67. The predicted octanol–water partition coefficient (Wildman–Crippen LogP) is 5.66. The fourth-order valence-electron chi connectivity index (χ4n) is 3.94. The van der Waals surface area contributed by atoms with Gasteiger partial charge in [0.1, 0.15) is 12.4 Å². The van der Waals surface area contributed by atoms with Gasteiger partial charge in [0.05, 0.1) is 25.9 Å². The number of amides is 1. The maximum atomic E-state index is 13.1. The van der Waals surface area contributed by atoms with E-state index < -0.39 is 0 Å². The van der Waals surface area contributed by atoms with Gasteiger partial charge in [0.2, 0.25) is 0 Å². The van der Waals surface area contributed by atoms with Crippen LogP contribution in [0.3, 0.4) is 0 Å². The lowest BCUT2D eigenvalue weighted by Gasteiger charge is -2.32. The summed E-state index contributed by atoms with van der Waals surface area (Å²) in [5.74, 6) is 1.12. The first-order chi connectivity index (χ1) is 15.2. The zero-order valence-corrected chi connectivity index (χ0v) is 18.9. The SMILES string of the molecule is Cc1nc(COc2ccc(C(=O)N3CCC[C@H](c4nc5ccccc5s4)C3)cc2)cs1. The summed E-state index contributed by atoms with van der Waals surface area (Å²) in [4.78, 5) is 24.3. The van der Waals surface area contributed by atoms with Gasteiger partial charge in [-0.1, -0.05) is 12.1 Å². The Morgan fingerprint density at radius 1 is 1.16 bits per heavy atom. The number of likely N-dealkylation sites (tertiary alicyclic amines) is 1. The van der Waals surface area contributed by atoms with Crippen molar-refractivity contribution >= 4 is 38.8 Å². The summed E-state index contributed by atoms with van der Waals surface area (Å²) < 4.78 is 7.01. The average Bonchev–Trinajstić information content (AvgIpc) is 3.43. The first-order valence-corrected chi connectivity index (χ1v) is 12.1. The second kappa shape index (κ2) is 8.77. The third kappa shape index (κ3) is 4.48. The van der Waals surface area contributed by atoms with Crippen molar-refractivity contribution in [1.82, 2.24) is 14.9 Å². The number of carbonyl (C=O) groups is 1. The molecule has 1 fully saturated rings. The number of aromatic nitrogens is 2. The van der Waals surface area contributed by atoms with E-state index in [4.69, 9.17) is 9.72 Å². The lowest BCUT2D eigenvalue weighted by Crippen LogP contribution is -2.39. The maximum absolute atomic E-state index is 13.1. The van der Waals surface area contributed by atoms with Crippen LogP contribution < -0.4 is 4.74 Å². The van der Waals surface area contributed by atoms with Gasteiger partial charge < -0.3 is 9.64 Å². The highest BCUT2D eigenvalue weighted by Gasteiger charge is 2.27. The van der Waals surface area contributed by atoms with Gasteiger partial charge in [0.15, 0.2) is 0 Å². The molecule has 0 aliphatic carbocycles. The van der Waals surface area contributed by atoms with Gasteiger partial charge in [0, 0.05) is 30.0 Å². The fraction of sp³-hybridized carbons (Fsp3) is 0.292. The van der Waals surface area contributed by atoms with Crippen molar-refractivity contribution < 1.29 is 9.53 Å². The molecule has 2 aromatic carbocycles. The number of nitrogens with zero attached hydrogens (tertiary/aromatic N) is 3. The van der Waals surface area contributed by atoms with Crippen LogP contribution in [-0.2, 0) is 6.61 Å². The highest BCUT2D eigenvalue weighted by molar-refractivity contribution is 7.18. The second-order valence-corrected chi connectivity index (χ2v) is 9.91. The summed E-state index contributed by atoms with van der Waals surface area (Å²) in [7, 11) is 0. The molecular weight excluding hydrogens is 426 g/mol. The van der Waals surface area contributed by atoms with E-state index in [1.54, 1.807) is 22.7 Å². The molecular formula is C24H23N3O2S2. The summed E-state index contributed by atoms with van der Waals surface area (Å²) >= 11 is 3.37. The number of benzene rings is 2. The summed E-state index contributed by atoms with van der Waals surface area (Å²) in [6, 6.07) is 15.7. The lowest BCUT2D eigenvalue weighted by molar-refractivity contribution is 0.0707. The Kier molecular flexibility index (Phi) is 5.70. The topological polar surface area (TPSA) is 55.3 Å². The van der Waals surface area contributed by atoms with E-state index >= 15 is 0 Å². The molecule has 0 unspecified atom stereocenters. The number of para-hydroxylation sites is 1. The van der Waals surface area contributed by atoms with Crippen LogP contribution in [0.2, 0.25) is 0 Å². The Morgan fingerprint density at radius 2 is 2.00 bits per heavy atom. The number of rotatable bonds is 5. The van der Waals surface area contributed by atoms with E-state index in [2.05, 4.69) is 17.1 Å². The first kappa shape index (κ1) is 20.2. The van der Waals surface area contributed by atoms with E-state index in [0.29, 0.717) is 18.1 Å². The molecule has 1 amide bonds. The number of hydrogen-bond acceptors (Lipinski definition) is 6. The number of ether oxygens (including phenoxy) is 1. The number of fused-ring (bicyclic) bond motifs is 1. The van der Waals surface area contributed by atoms with E-state index in [-0.39, 0.29) is 5.91 Å². The monoisotopic (exact) mass is 449 g/mol. The van der Waals surface area contributed by atoms with E-state index in [0.717, 1.165) is 52.9 Å². The standard InChI is InChI=1S/C24H23N3O2S2/c1-16-25-19(15-30-16)14-29-20-10-8-17(9-11-20)24(28)27-12-4-5-18(13-27)23-26-21-6-2-3-7-22(21)31-23/h2-3,6-11,15,18H,4-5,12-14H2,1H3/t18-/m0/s1. The van der Waals surface area contributed by atoms with Crippen LogP contribution in [-0.4, -0.2) is 33.9 Å². The predicted molar refractivity (Wildman–Crippen MR) is 125 cm³/mol. The molecule has 1 aliphatic heterocycles. The molecule has 2 aromatic heterocycles. The first-order valence-electron chi connectivity index (χ1n) is 10.4. The average molecular weight is 450 g/mol. The molecule has 1 saturated heterocycles. The van der Waals surface area contributed by atoms with Gasteiger partial charge in [-0.25, -0.2) is 9.97 Å². The van der Waals surface area contributed by atoms with Crippen molar-refractivity contribution in [2.24, 2.45) is 0 Å². The molecule has 1 atom stereocenters. The van der Waals surface area contributed by atoms with Crippen molar-refractivity contribution in [3.05, 3.63) is 75.2 Å². The van der Waals surface area contributed by atoms with Crippen LogP contribution in [0.4, 0.5) is 0 Å².